The van der Waals surface area contributed by atoms with Crippen molar-refractivity contribution in [2.24, 2.45) is 0 Å². The summed E-state index contributed by atoms with van der Waals surface area (Å²) in [5.74, 6) is -0.675. The van der Waals surface area contributed by atoms with E-state index in [0.717, 1.165) is 48.3 Å². The van der Waals surface area contributed by atoms with Crippen LogP contribution >= 0.6 is 11.3 Å². The quantitative estimate of drug-likeness (QED) is 0.519. The second-order valence-corrected chi connectivity index (χ2v) is 10.6. The highest BCUT2D eigenvalue weighted by Crippen LogP contribution is 2.38. The van der Waals surface area contributed by atoms with Crippen LogP contribution < -0.4 is 0 Å². The first-order chi connectivity index (χ1) is 13.9. The van der Waals surface area contributed by atoms with Crippen LogP contribution in [-0.4, -0.2) is 56.2 Å². The molecule has 160 valence electrons. The first-order valence-electron chi connectivity index (χ1n) is 10.0. The topological polar surface area (TPSA) is 84.0 Å². The lowest BCUT2D eigenvalue weighted by atomic mass is 10.0. The van der Waals surface area contributed by atoms with Gasteiger partial charge in [0, 0.05) is 30.9 Å². The number of methoxy groups -OCH3 is 1. The van der Waals surface area contributed by atoms with Crippen LogP contribution in [0.3, 0.4) is 0 Å². The van der Waals surface area contributed by atoms with E-state index in [1.165, 1.54) is 11.4 Å². The van der Waals surface area contributed by atoms with Crippen molar-refractivity contribution in [2.75, 3.05) is 26.7 Å². The lowest BCUT2D eigenvalue weighted by Gasteiger charge is -2.27. The van der Waals surface area contributed by atoms with Crippen molar-refractivity contribution in [2.45, 2.75) is 55.7 Å². The number of carbonyl (C=O) groups is 2. The van der Waals surface area contributed by atoms with E-state index in [1.807, 2.05) is 0 Å². The number of sulfonamides is 1. The fourth-order valence-electron chi connectivity index (χ4n) is 3.91. The molecule has 2 aliphatic rings. The molecule has 0 saturated carbocycles. The Bertz CT molecular complexity index is 883. The number of esters is 1. The van der Waals surface area contributed by atoms with E-state index in [1.54, 1.807) is 11.0 Å². The molecule has 0 radical (unpaired) electrons. The smallest absolute Gasteiger partial charge is 0.340 e. The fraction of sp³-hybridized carbons (Fsp3) is 0.600. The molecule has 0 atom stereocenters. The Kier molecular flexibility index (Phi) is 7.13. The van der Waals surface area contributed by atoms with E-state index in [2.05, 4.69) is 6.58 Å². The molecule has 0 N–H and O–H groups in total. The van der Waals surface area contributed by atoms with E-state index >= 15 is 0 Å². The molecule has 3 heterocycles. The fourth-order valence-corrected chi connectivity index (χ4v) is 7.47. The minimum atomic E-state index is -3.80. The van der Waals surface area contributed by atoms with Crippen molar-refractivity contribution in [1.82, 2.24) is 9.21 Å². The minimum Gasteiger partial charge on any atom is -0.465 e. The van der Waals surface area contributed by atoms with Crippen LogP contribution in [0.5, 0.6) is 0 Å². The zero-order valence-electron chi connectivity index (χ0n) is 16.8. The number of ether oxygens (including phenoxy) is 1. The Morgan fingerprint density at radius 3 is 2.41 bits per heavy atom. The summed E-state index contributed by atoms with van der Waals surface area (Å²) in [4.78, 5) is 27.2. The van der Waals surface area contributed by atoms with Gasteiger partial charge in [-0.1, -0.05) is 25.3 Å². The summed E-state index contributed by atoms with van der Waals surface area (Å²) < 4.78 is 33.4. The van der Waals surface area contributed by atoms with Crippen molar-refractivity contribution in [3.63, 3.8) is 0 Å². The van der Waals surface area contributed by atoms with Gasteiger partial charge in [-0.15, -0.1) is 17.9 Å². The maximum atomic E-state index is 13.5. The molecule has 9 heteroatoms. The van der Waals surface area contributed by atoms with Crippen molar-refractivity contribution in [3.8, 4) is 0 Å². The maximum Gasteiger partial charge on any atom is 0.340 e. The average Bonchev–Trinajstić information content (AvgIpc) is 3.06. The van der Waals surface area contributed by atoms with Gasteiger partial charge in [-0.3, -0.25) is 4.79 Å². The highest BCUT2D eigenvalue weighted by Gasteiger charge is 2.37. The molecular formula is C20H28N2O5S2. The van der Waals surface area contributed by atoms with Gasteiger partial charge in [0.05, 0.1) is 19.2 Å². The van der Waals surface area contributed by atoms with Crippen LogP contribution in [0.15, 0.2) is 16.9 Å². The molecular weight excluding hydrogens is 412 g/mol. The van der Waals surface area contributed by atoms with Crippen LogP contribution in [0.25, 0.3) is 0 Å². The minimum absolute atomic E-state index is 0.0492. The molecule has 1 aromatic heterocycles. The SMILES string of the molecule is C=CCC(=O)N1CCc2c(sc(S(=O)(=O)N3CCCCCCC3)c2C(=O)OC)C1. The third-order valence-corrected chi connectivity index (χ3v) is 9.09. The molecule has 1 amide bonds. The van der Waals surface area contributed by atoms with Crippen LogP contribution in [-0.2, 0) is 32.5 Å². The molecule has 2 aliphatic heterocycles. The first-order valence-corrected chi connectivity index (χ1v) is 12.3. The molecule has 7 nitrogen and oxygen atoms in total. The predicted molar refractivity (Wildman–Crippen MR) is 111 cm³/mol. The summed E-state index contributed by atoms with van der Waals surface area (Å²) in [5, 5.41) is 0. The monoisotopic (exact) mass is 440 g/mol. The molecule has 29 heavy (non-hydrogen) atoms. The number of hydrogen-bond acceptors (Lipinski definition) is 6. The van der Waals surface area contributed by atoms with Crippen molar-refractivity contribution in [1.29, 1.82) is 0 Å². The highest BCUT2D eigenvalue weighted by molar-refractivity contribution is 7.91. The second kappa shape index (κ2) is 9.40. The van der Waals surface area contributed by atoms with Crippen LogP contribution in [0.2, 0.25) is 0 Å². The Balaban J connectivity index is 1.99. The highest BCUT2D eigenvalue weighted by atomic mass is 32.2. The van der Waals surface area contributed by atoms with Gasteiger partial charge in [0.1, 0.15) is 4.21 Å². The molecule has 0 unspecified atom stereocenters. The molecule has 0 aliphatic carbocycles. The molecule has 1 aromatic rings. The largest absolute Gasteiger partial charge is 0.465 e. The lowest BCUT2D eigenvalue weighted by molar-refractivity contribution is -0.131. The van der Waals surface area contributed by atoms with Crippen molar-refractivity contribution < 1.29 is 22.7 Å². The number of carbonyl (C=O) groups excluding carboxylic acids is 2. The van der Waals surface area contributed by atoms with Crippen LogP contribution in [0.1, 0.15) is 59.3 Å². The summed E-state index contributed by atoms with van der Waals surface area (Å²) >= 11 is 1.11. The van der Waals surface area contributed by atoms with Gasteiger partial charge in [0.15, 0.2) is 0 Å². The van der Waals surface area contributed by atoms with Gasteiger partial charge in [0.2, 0.25) is 5.91 Å². The number of amides is 1. The summed E-state index contributed by atoms with van der Waals surface area (Å²) in [7, 11) is -2.53. The van der Waals surface area contributed by atoms with Crippen molar-refractivity contribution in [3.05, 3.63) is 28.7 Å². The van der Waals surface area contributed by atoms with Gasteiger partial charge in [0.25, 0.3) is 10.0 Å². The van der Waals surface area contributed by atoms with Gasteiger partial charge < -0.3 is 9.64 Å². The predicted octanol–water partition coefficient (Wildman–Crippen LogP) is 2.95. The van der Waals surface area contributed by atoms with E-state index in [0.29, 0.717) is 38.2 Å². The van der Waals surface area contributed by atoms with E-state index in [4.69, 9.17) is 4.74 Å². The zero-order chi connectivity index (χ0) is 21.0. The molecule has 0 bridgehead atoms. The first kappa shape index (κ1) is 22.0. The Morgan fingerprint density at radius 1 is 1.14 bits per heavy atom. The number of rotatable bonds is 5. The third kappa shape index (κ3) is 4.57. The molecule has 3 rings (SSSR count). The molecule has 0 spiro atoms. The van der Waals surface area contributed by atoms with Crippen LogP contribution in [0, 0.1) is 0 Å². The van der Waals surface area contributed by atoms with Crippen LogP contribution in [0.4, 0.5) is 0 Å². The standard InChI is InChI=1S/C20H28N2O5S2/c1-3-9-17(23)21-13-10-15-16(14-21)28-20(18(15)19(24)27-2)29(25,26)22-11-7-5-4-6-8-12-22/h3H,1,4-14H2,2H3. The summed E-state index contributed by atoms with van der Waals surface area (Å²) in [6, 6.07) is 0. The zero-order valence-corrected chi connectivity index (χ0v) is 18.4. The Morgan fingerprint density at radius 2 is 1.79 bits per heavy atom. The maximum absolute atomic E-state index is 13.5. The normalized spacial score (nSPS) is 18.4. The number of nitrogens with zero attached hydrogens (tertiary/aromatic N) is 2. The third-order valence-electron chi connectivity index (χ3n) is 5.47. The van der Waals surface area contributed by atoms with E-state index < -0.39 is 16.0 Å². The van der Waals surface area contributed by atoms with Crippen molar-refractivity contribution >= 4 is 33.2 Å². The molecule has 0 aromatic carbocycles. The van der Waals surface area contributed by atoms with E-state index in [-0.39, 0.29) is 22.1 Å². The van der Waals surface area contributed by atoms with Gasteiger partial charge >= 0.3 is 5.97 Å². The molecule has 1 saturated heterocycles. The van der Waals surface area contributed by atoms with Gasteiger partial charge in [-0.25, -0.2) is 13.2 Å². The molecule has 1 fully saturated rings. The number of fused-ring (bicyclic) bond motifs is 1. The second-order valence-electron chi connectivity index (χ2n) is 7.39. The average molecular weight is 441 g/mol. The van der Waals surface area contributed by atoms with Gasteiger partial charge in [-0.05, 0) is 24.8 Å². The Labute approximate surface area is 176 Å². The lowest BCUT2D eigenvalue weighted by Crippen LogP contribution is -2.35. The summed E-state index contributed by atoms with van der Waals surface area (Å²) in [6.45, 7) is 5.29. The summed E-state index contributed by atoms with van der Waals surface area (Å²) in [6.07, 6.45) is 7.03. The van der Waals surface area contributed by atoms with Gasteiger partial charge in [-0.2, -0.15) is 4.31 Å². The summed E-state index contributed by atoms with van der Waals surface area (Å²) in [5.41, 5.74) is 0.862. The Hall–Kier alpha value is -1.71. The number of hydrogen-bond donors (Lipinski definition) is 0. The number of thiophene rings is 1. The van der Waals surface area contributed by atoms with E-state index in [9.17, 15) is 18.0 Å².